The third-order valence-corrected chi connectivity index (χ3v) is 3.30. The lowest BCUT2D eigenvalue weighted by Crippen LogP contribution is -2.43. The molecule has 1 atom stereocenters. The summed E-state index contributed by atoms with van der Waals surface area (Å²) in [5.74, 6) is 0.102. The van der Waals surface area contributed by atoms with Crippen LogP contribution in [0.4, 0.5) is 5.69 Å². The smallest absolute Gasteiger partial charge is 0.224 e. The Kier molecular flexibility index (Phi) is 5.85. The normalized spacial score (nSPS) is 19.1. The number of benzene rings is 1. The second-order valence-electron chi connectivity index (χ2n) is 4.92. The maximum Gasteiger partial charge on any atom is 0.224 e. The zero-order chi connectivity index (χ0) is 13.3. The molecular formula is C15H22N3O. The number of para-hydroxylation sites is 1. The van der Waals surface area contributed by atoms with E-state index in [1.54, 1.807) is 0 Å². The third-order valence-electron chi connectivity index (χ3n) is 3.30. The van der Waals surface area contributed by atoms with Crippen molar-refractivity contribution < 1.29 is 4.79 Å². The molecule has 0 spiro atoms. The molecule has 1 unspecified atom stereocenters. The number of hydrogen-bond donors (Lipinski definition) is 2. The molecule has 0 aliphatic carbocycles. The molecular weight excluding hydrogens is 238 g/mol. The summed E-state index contributed by atoms with van der Waals surface area (Å²) < 4.78 is 0. The van der Waals surface area contributed by atoms with Gasteiger partial charge in [0.25, 0.3) is 0 Å². The van der Waals surface area contributed by atoms with Crippen LogP contribution in [0, 0.1) is 0 Å². The zero-order valence-electron chi connectivity index (χ0n) is 11.3. The van der Waals surface area contributed by atoms with Crippen molar-refractivity contribution in [1.82, 2.24) is 10.6 Å². The molecule has 103 valence electrons. The number of piperazine rings is 1. The summed E-state index contributed by atoms with van der Waals surface area (Å²) >= 11 is 0. The highest BCUT2D eigenvalue weighted by Gasteiger charge is 2.12. The Bertz CT molecular complexity index is 374. The highest BCUT2D eigenvalue weighted by Crippen LogP contribution is 2.09. The molecule has 1 aliphatic rings. The van der Waals surface area contributed by atoms with Crippen LogP contribution in [-0.4, -0.2) is 31.6 Å². The summed E-state index contributed by atoms with van der Waals surface area (Å²) in [7, 11) is 0. The number of rotatable bonds is 6. The van der Waals surface area contributed by atoms with Gasteiger partial charge in [-0.2, -0.15) is 0 Å². The first-order chi connectivity index (χ1) is 9.34. The molecule has 1 aromatic rings. The number of unbranched alkanes of at least 4 members (excludes halogenated alkanes) is 1. The van der Waals surface area contributed by atoms with E-state index in [1.807, 2.05) is 30.3 Å². The average Bonchev–Trinajstić information content (AvgIpc) is 2.46. The molecule has 1 heterocycles. The molecule has 1 radical (unpaired) electrons. The molecule has 4 nitrogen and oxygen atoms in total. The molecule has 4 heteroatoms. The lowest BCUT2D eigenvalue weighted by molar-refractivity contribution is -0.116. The Morgan fingerprint density at radius 3 is 2.89 bits per heavy atom. The van der Waals surface area contributed by atoms with Gasteiger partial charge in [0.05, 0.1) is 0 Å². The minimum atomic E-state index is 0.102. The van der Waals surface area contributed by atoms with E-state index >= 15 is 0 Å². The maximum atomic E-state index is 11.7. The topological polar surface area (TPSA) is 55.2 Å². The molecule has 1 aliphatic heterocycles. The van der Waals surface area contributed by atoms with Crippen LogP contribution in [0.1, 0.15) is 25.7 Å². The minimum Gasteiger partial charge on any atom is -0.326 e. The van der Waals surface area contributed by atoms with Crippen molar-refractivity contribution in [3.8, 4) is 0 Å². The second kappa shape index (κ2) is 7.92. The first-order valence-electron chi connectivity index (χ1n) is 7.07. The molecule has 19 heavy (non-hydrogen) atoms. The lowest BCUT2D eigenvalue weighted by atomic mass is 10.1. The summed E-state index contributed by atoms with van der Waals surface area (Å²) in [6, 6.07) is 10.1. The predicted molar refractivity (Wildman–Crippen MR) is 77.2 cm³/mol. The van der Waals surface area contributed by atoms with Gasteiger partial charge in [-0.3, -0.25) is 4.79 Å². The number of nitrogens with zero attached hydrogens (tertiary/aromatic N) is 1. The van der Waals surface area contributed by atoms with Gasteiger partial charge < -0.3 is 10.6 Å². The number of amides is 1. The lowest BCUT2D eigenvalue weighted by Gasteiger charge is -2.22. The summed E-state index contributed by atoms with van der Waals surface area (Å²) in [6.45, 7) is 2.94. The van der Waals surface area contributed by atoms with Gasteiger partial charge in [0, 0.05) is 37.8 Å². The van der Waals surface area contributed by atoms with Crippen molar-refractivity contribution >= 4 is 11.6 Å². The molecule has 0 saturated carbocycles. The van der Waals surface area contributed by atoms with Crippen molar-refractivity contribution in [2.24, 2.45) is 0 Å². The number of carbonyl (C=O) groups excluding carboxylic acids is 1. The van der Waals surface area contributed by atoms with Crippen molar-refractivity contribution in [1.29, 1.82) is 0 Å². The van der Waals surface area contributed by atoms with E-state index < -0.39 is 0 Å². The van der Waals surface area contributed by atoms with Crippen molar-refractivity contribution in [2.45, 2.75) is 31.7 Å². The average molecular weight is 260 g/mol. The molecule has 0 bridgehead atoms. The van der Waals surface area contributed by atoms with Crippen LogP contribution in [0.3, 0.4) is 0 Å². The summed E-state index contributed by atoms with van der Waals surface area (Å²) in [4.78, 5) is 11.7. The van der Waals surface area contributed by atoms with Crippen LogP contribution in [0.5, 0.6) is 0 Å². The third kappa shape index (κ3) is 5.41. The van der Waals surface area contributed by atoms with E-state index in [-0.39, 0.29) is 5.91 Å². The first kappa shape index (κ1) is 14.0. The summed E-state index contributed by atoms with van der Waals surface area (Å²) in [5, 5.41) is 10.8. The van der Waals surface area contributed by atoms with Gasteiger partial charge in [-0.05, 0) is 25.0 Å². The van der Waals surface area contributed by atoms with Gasteiger partial charge in [-0.15, -0.1) is 0 Å². The zero-order valence-corrected chi connectivity index (χ0v) is 11.3. The van der Waals surface area contributed by atoms with Gasteiger partial charge in [0.2, 0.25) is 5.91 Å². The van der Waals surface area contributed by atoms with Gasteiger partial charge >= 0.3 is 0 Å². The molecule has 2 rings (SSSR count). The standard InChI is InChI=1S/C15H22N3O/c19-15(18-13-6-2-1-3-7-13)9-5-4-8-14-12-16-10-11-17-14/h1-3,6-7,14,16H,4-5,8-12H2,(H,18,19). The maximum absolute atomic E-state index is 11.7. The fourth-order valence-electron chi connectivity index (χ4n) is 2.26. The van der Waals surface area contributed by atoms with Crippen LogP contribution in [0.25, 0.3) is 0 Å². The summed E-state index contributed by atoms with van der Waals surface area (Å²) in [6.07, 6.45) is 3.68. The number of nitrogens with one attached hydrogen (secondary N) is 2. The SMILES string of the molecule is O=C(CCCCC1CNCC[N]1)Nc1ccccc1. The van der Waals surface area contributed by atoms with Crippen molar-refractivity contribution in [3.05, 3.63) is 30.3 Å². The van der Waals surface area contributed by atoms with Crippen LogP contribution in [0.15, 0.2) is 30.3 Å². The van der Waals surface area contributed by atoms with Crippen LogP contribution in [0.2, 0.25) is 0 Å². The van der Waals surface area contributed by atoms with E-state index in [2.05, 4.69) is 16.0 Å². The van der Waals surface area contributed by atoms with E-state index in [9.17, 15) is 4.79 Å². The molecule has 0 aromatic heterocycles. The monoisotopic (exact) mass is 260 g/mol. The van der Waals surface area contributed by atoms with Crippen LogP contribution < -0.4 is 16.0 Å². The molecule has 1 saturated heterocycles. The van der Waals surface area contributed by atoms with E-state index in [0.29, 0.717) is 12.5 Å². The van der Waals surface area contributed by atoms with Gasteiger partial charge in [0.1, 0.15) is 0 Å². The first-order valence-corrected chi connectivity index (χ1v) is 7.07. The van der Waals surface area contributed by atoms with E-state index in [0.717, 1.165) is 44.6 Å². The fourth-order valence-corrected chi connectivity index (χ4v) is 2.26. The molecule has 1 amide bonds. The Morgan fingerprint density at radius 2 is 2.16 bits per heavy atom. The minimum absolute atomic E-state index is 0.102. The fraction of sp³-hybridized carbons (Fsp3) is 0.533. The number of carbonyl (C=O) groups is 1. The molecule has 1 fully saturated rings. The highest BCUT2D eigenvalue weighted by atomic mass is 16.1. The van der Waals surface area contributed by atoms with Crippen molar-refractivity contribution in [2.75, 3.05) is 25.0 Å². The van der Waals surface area contributed by atoms with Crippen molar-refractivity contribution in [3.63, 3.8) is 0 Å². The summed E-state index contributed by atoms with van der Waals surface area (Å²) in [5.41, 5.74) is 0.874. The Hall–Kier alpha value is -1.39. The second-order valence-corrected chi connectivity index (χ2v) is 4.92. The quantitative estimate of drug-likeness (QED) is 0.766. The Balaban J connectivity index is 1.56. The Labute approximate surface area is 115 Å². The number of hydrogen-bond acceptors (Lipinski definition) is 2. The van der Waals surface area contributed by atoms with E-state index in [1.165, 1.54) is 0 Å². The van der Waals surface area contributed by atoms with E-state index in [4.69, 9.17) is 0 Å². The van der Waals surface area contributed by atoms with Gasteiger partial charge in [-0.25, -0.2) is 5.32 Å². The Morgan fingerprint density at radius 1 is 1.32 bits per heavy atom. The predicted octanol–water partition coefficient (Wildman–Crippen LogP) is 1.76. The van der Waals surface area contributed by atoms with Gasteiger partial charge in [0.15, 0.2) is 0 Å². The van der Waals surface area contributed by atoms with Crippen LogP contribution in [-0.2, 0) is 4.79 Å². The molecule has 1 aromatic carbocycles. The molecule has 2 N–H and O–H groups in total. The number of anilines is 1. The van der Waals surface area contributed by atoms with Gasteiger partial charge in [-0.1, -0.05) is 24.6 Å². The van der Waals surface area contributed by atoms with Crippen LogP contribution >= 0.6 is 0 Å². The largest absolute Gasteiger partial charge is 0.326 e. The highest BCUT2D eigenvalue weighted by molar-refractivity contribution is 5.90.